The topological polar surface area (TPSA) is 72.3 Å². The third-order valence-corrected chi connectivity index (χ3v) is 3.33. The molecule has 1 aromatic heterocycles. The Labute approximate surface area is 131 Å². The lowest BCUT2D eigenvalue weighted by molar-refractivity contribution is 0.0684. The molecule has 0 aliphatic rings. The zero-order valence-corrected chi connectivity index (χ0v) is 13.3. The predicted molar refractivity (Wildman–Crippen MR) is 81.6 cm³/mol. The molecule has 0 spiro atoms. The molecule has 110 valence electrons. The number of benzene rings is 1. The molecule has 0 saturated heterocycles. The number of nitrogens with zero attached hydrogens (tertiary/aromatic N) is 2. The lowest BCUT2D eigenvalue weighted by Gasteiger charge is -2.10. The first kappa shape index (κ1) is 15.4. The molecule has 1 N–H and O–H groups in total. The van der Waals surface area contributed by atoms with E-state index in [1.165, 1.54) is 6.20 Å². The van der Waals surface area contributed by atoms with Crippen LogP contribution in [0.25, 0.3) is 0 Å². The minimum absolute atomic E-state index is 0.0589. The highest BCUT2D eigenvalue weighted by Crippen LogP contribution is 2.20. The van der Waals surface area contributed by atoms with E-state index in [0.717, 1.165) is 10.0 Å². The van der Waals surface area contributed by atoms with E-state index in [2.05, 4.69) is 25.9 Å². The van der Waals surface area contributed by atoms with Crippen molar-refractivity contribution < 1.29 is 14.6 Å². The molecular weight excluding hydrogens is 336 g/mol. The third kappa shape index (κ3) is 4.01. The van der Waals surface area contributed by atoms with Gasteiger partial charge < -0.3 is 9.84 Å². The van der Waals surface area contributed by atoms with Crippen LogP contribution in [0.15, 0.2) is 34.9 Å². The monoisotopic (exact) mass is 350 g/mol. The van der Waals surface area contributed by atoms with Crippen LogP contribution in [0.5, 0.6) is 5.75 Å². The minimum Gasteiger partial charge on any atom is -0.485 e. The summed E-state index contributed by atoms with van der Waals surface area (Å²) in [6.45, 7) is 4.07. The van der Waals surface area contributed by atoms with Crippen molar-refractivity contribution >= 4 is 21.9 Å². The highest BCUT2D eigenvalue weighted by atomic mass is 79.9. The molecule has 0 amide bonds. The van der Waals surface area contributed by atoms with E-state index in [1.54, 1.807) is 0 Å². The summed E-state index contributed by atoms with van der Waals surface area (Å²) >= 11 is 3.36. The number of carboxylic acids is 1. The van der Waals surface area contributed by atoms with Crippen LogP contribution in [0.1, 0.15) is 41.6 Å². The maximum atomic E-state index is 11.3. The fourth-order valence-corrected chi connectivity index (χ4v) is 1.93. The van der Waals surface area contributed by atoms with Gasteiger partial charge >= 0.3 is 5.97 Å². The Kier molecular flexibility index (Phi) is 4.90. The van der Waals surface area contributed by atoms with Gasteiger partial charge in [0.2, 0.25) is 0 Å². The molecule has 1 heterocycles. The van der Waals surface area contributed by atoms with Crippen molar-refractivity contribution in [2.75, 3.05) is 0 Å². The van der Waals surface area contributed by atoms with Gasteiger partial charge in [0, 0.05) is 10.4 Å². The molecule has 21 heavy (non-hydrogen) atoms. The van der Waals surface area contributed by atoms with Crippen molar-refractivity contribution in [2.45, 2.75) is 26.4 Å². The van der Waals surface area contributed by atoms with Gasteiger partial charge in [0.1, 0.15) is 12.4 Å². The van der Waals surface area contributed by atoms with Crippen molar-refractivity contribution in [3.05, 3.63) is 52.0 Å². The first-order valence-electron chi connectivity index (χ1n) is 6.45. The first-order valence-corrected chi connectivity index (χ1v) is 7.24. The van der Waals surface area contributed by atoms with Gasteiger partial charge in [-0.1, -0.05) is 41.9 Å². The van der Waals surface area contributed by atoms with Gasteiger partial charge in [-0.2, -0.15) is 0 Å². The maximum Gasteiger partial charge on any atom is 0.358 e. The van der Waals surface area contributed by atoms with E-state index < -0.39 is 5.97 Å². The largest absolute Gasteiger partial charge is 0.485 e. The molecule has 6 heteroatoms. The molecule has 5 nitrogen and oxygen atoms in total. The van der Waals surface area contributed by atoms with Crippen LogP contribution in [0.4, 0.5) is 0 Å². The summed E-state index contributed by atoms with van der Waals surface area (Å²) in [4.78, 5) is 19.5. The molecule has 0 radical (unpaired) electrons. The molecule has 0 atom stereocenters. The zero-order valence-electron chi connectivity index (χ0n) is 11.7. The number of carbonyl (C=O) groups is 1. The Morgan fingerprint density at radius 2 is 2.00 bits per heavy atom. The molecule has 2 aromatic rings. The summed E-state index contributed by atoms with van der Waals surface area (Å²) in [5.74, 6) is -0.396. The van der Waals surface area contributed by atoms with Crippen molar-refractivity contribution in [3.63, 3.8) is 0 Å². The summed E-state index contributed by atoms with van der Waals surface area (Å²) in [6, 6.07) is 7.59. The van der Waals surface area contributed by atoms with Crippen LogP contribution in [0.2, 0.25) is 0 Å². The summed E-state index contributed by atoms with van der Waals surface area (Å²) in [5.41, 5.74) is 0.827. The number of ether oxygens (including phenoxy) is 1. The molecule has 0 aliphatic heterocycles. The lowest BCUT2D eigenvalue weighted by Crippen LogP contribution is -2.10. The standard InChI is InChI=1S/C15H15BrN2O3/c1-9(2)14-17-7-12(13(18-14)15(19)20)21-8-10-3-5-11(16)6-4-10/h3-7,9H,8H2,1-2H3,(H,19,20). The summed E-state index contributed by atoms with van der Waals surface area (Å²) in [6.07, 6.45) is 1.42. The number of halogens is 1. The summed E-state index contributed by atoms with van der Waals surface area (Å²) in [7, 11) is 0. The Bertz CT molecular complexity index is 642. The van der Waals surface area contributed by atoms with Crippen molar-refractivity contribution in [1.29, 1.82) is 0 Å². The molecule has 2 rings (SSSR count). The highest BCUT2D eigenvalue weighted by molar-refractivity contribution is 9.10. The average molecular weight is 351 g/mol. The SMILES string of the molecule is CC(C)c1ncc(OCc2ccc(Br)cc2)c(C(=O)O)n1. The second-order valence-electron chi connectivity index (χ2n) is 4.82. The Morgan fingerprint density at radius 1 is 1.33 bits per heavy atom. The third-order valence-electron chi connectivity index (χ3n) is 2.80. The minimum atomic E-state index is -1.12. The van der Waals surface area contributed by atoms with E-state index in [9.17, 15) is 9.90 Å². The number of aromatic nitrogens is 2. The highest BCUT2D eigenvalue weighted by Gasteiger charge is 2.16. The molecule has 1 aromatic carbocycles. The van der Waals surface area contributed by atoms with Crippen LogP contribution in [-0.4, -0.2) is 21.0 Å². The van der Waals surface area contributed by atoms with Crippen LogP contribution >= 0.6 is 15.9 Å². The molecule has 0 unspecified atom stereocenters. The van der Waals surface area contributed by atoms with Gasteiger partial charge in [0.25, 0.3) is 0 Å². The molecule has 0 aliphatic carbocycles. The predicted octanol–water partition coefficient (Wildman–Crippen LogP) is 3.64. The second-order valence-corrected chi connectivity index (χ2v) is 5.73. The summed E-state index contributed by atoms with van der Waals surface area (Å²) in [5, 5.41) is 9.23. The molecule has 0 bridgehead atoms. The number of hydrogen-bond acceptors (Lipinski definition) is 4. The zero-order chi connectivity index (χ0) is 15.4. The van der Waals surface area contributed by atoms with Gasteiger partial charge in [0.15, 0.2) is 11.4 Å². The van der Waals surface area contributed by atoms with E-state index in [4.69, 9.17) is 4.74 Å². The van der Waals surface area contributed by atoms with Crippen molar-refractivity contribution in [3.8, 4) is 5.75 Å². The quantitative estimate of drug-likeness (QED) is 0.890. The van der Waals surface area contributed by atoms with Crippen LogP contribution in [0, 0.1) is 0 Å². The van der Waals surface area contributed by atoms with Crippen LogP contribution < -0.4 is 4.74 Å². The Morgan fingerprint density at radius 3 is 2.57 bits per heavy atom. The maximum absolute atomic E-state index is 11.3. The van der Waals surface area contributed by atoms with E-state index in [0.29, 0.717) is 5.82 Å². The smallest absolute Gasteiger partial charge is 0.358 e. The molecular formula is C15H15BrN2O3. The van der Waals surface area contributed by atoms with Gasteiger partial charge in [-0.15, -0.1) is 0 Å². The van der Waals surface area contributed by atoms with Crippen molar-refractivity contribution in [1.82, 2.24) is 9.97 Å². The van der Waals surface area contributed by atoms with Gasteiger partial charge in [-0.25, -0.2) is 14.8 Å². The summed E-state index contributed by atoms with van der Waals surface area (Å²) < 4.78 is 6.51. The van der Waals surface area contributed by atoms with E-state index >= 15 is 0 Å². The second kappa shape index (κ2) is 6.67. The first-order chi connectivity index (χ1) is 9.97. The normalized spacial score (nSPS) is 10.7. The molecule has 0 fully saturated rings. The van der Waals surface area contributed by atoms with Gasteiger partial charge in [-0.05, 0) is 17.7 Å². The van der Waals surface area contributed by atoms with Crippen molar-refractivity contribution in [2.24, 2.45) is 0 Å². The number of carboxylic acid groups (broad SMARTS) is 1. The average Bonchev–Trinajstić information content (AvgIpc) is 2.46. The van der Waals surface area contributed by atoms with E-state index in [-0.39, 0.29) is 24.0 Å². The van der Waals surface area contributed by atoms with Gasteiger partial charge in [-0.3, -0.25) is 0 Å². The number of aromatic carboxylic acids is 1. The van der Waals surface area contributed by atoms with Crippen LogP contribution in [-0.2, 0) is 6.61 Å². The lowest BCUT2D eigenvalue weighted by atomic mass is 10.2. The number of rotatable bonds is 5. The Hall–Kier alpha value is -1.95. The van der Waals surface area contributed by atoms with E-state index in [1.807, 2.05) is 38.1 Å². The fourth-order valence-electron chi connectivity index (χ4n) is 1.66. The number of hydrogen-bond donors (Lipinski definition) is 1. The molecule has 0 saturated carbocycles. The Balaban J connectivity index is 2.19. The van der Waals surface area contributed by atoms with Crippen LogP contribution in [0.3, 0.4) is 0 Å². The van der Waals surface area contributed by atoms with Gasteiger partial charge in [0.05, 0.1) is 6.20 Å². The fraction of sp³-hybridized carbons (Fsp3) is 0.267.